The van der Waals surface area contributed by atoms with Crippen molar-refractivity contribution < 1.29 is 28.6 Å². The molecule has 0 saturated carbocycles. The van der Waals surface area contributed by atoms with E-state index in [0.29, 0.717) is 19.3 Å². The highest BCUT2D eigenvalue weighted by Crippen LogP contribution is 2.17. The van der Waals surface area contributed by atoms with Gasteiger partial charge in [0.15, 0.2) is 6.10 Å². The summed E-state index contributed by atoms with van der Waals surface area (Å²) in [6, 6.07) is 0. The minimum Gasteiger partial charge on any atom is -0.462 e. The summed E-state index contributed by atoms with van der Waals surface area (Å²) < 4.78 is 16.6. The molecule has 0 saturated heterocycles. The van der Waals surface area contributed by atoms with E-state index in [2.05, 4.69) is 41.5 Å². The molecular formula is C42H80O6. The molecule has 0 aromatic rings. The first-order valence-electron chi connectivity index (χ1n) is 20.7. The predicted octanol–water partition coefficient (Wildman–Crippen LogP) is 12.5. The minimum atomic E-state index is -0.762. The van der Waals surface area contributed by atoms with E-state index >= 15 is 0 Å². The highest BCUT2D eigenvalue weighted by atomic mass is 16.6. The molecule has 0 aliphatic carbocycles. The van der Waals surface area contributed by atoms with Crippen LogP contribution in [-0.4, -0.2) is 37.2 Å². The van der Waals surface area contributed by atoms with E-state index in [4.69, 9.17) is 14.2 Å². The molecule has 0 amide bonds. The van der Waals surface area contributed by atoms with E-state index in [1.54, 1.807) is 0 Å². The zero-order valence-corrected chi connectivity index (χ0v) is 32.8. The smallest absolute Gasteiger partial charge is 0.306 e. The van der Waals surface area contributed by atoms with Crippen LogP contribution < -0.4 is 0 Å². The van der Waals surface area contributed by atoms with Crippen LogP contribution in [0.4, 0.5) is 0 Å². The van der Waals surface area contributed by atoms with Crippen LogP contribution in [0.25, 0.3) is 0 Å². The number of esters is 3. The molecule has 48 heavy (non-hydrogen) atoms. The fourth-order valence-corrected chi connectivity index (χ4v) is 5.90. The maximum Gasteiger partial charge on any atom is 0.306 e. The van der Waals surface area contributed by atoms with Gasteiger partial charge < -0.3 is 14.2 Å². The number of carbonyl (C=O) groups excluding carboxylic acids is 3. The molecule has 0 aliphatic heterocycles. The second-order valence-electron chi connectivity index (χ2n) is 15.0. The van der Waals surface area contributed by atoms with Crippen LogP contribution >= 0.6 is 0 Å². The van der Waals surface area contributed by atoms with Crippen molar-refractivity contribution in [2.45, 2.75) is 221 Å². The van der Waals surface area contributed by atoms with Gasteiger partial charge in [0.05, 0.1) is 0 Å². The fourth-order valence-electron chi connectivity index (χ4n) is 5.90. The molecule has 3 unspecified atom stereocenters. The standard InChI is InChI=1S/C42H80O6/c1-7-36(4)28-22-16-10-13-19-25-31-40(43)46-34-39(48-42(45)33-27-21-15-12-18-24-30-38(6)9-3)35-47-41(44)32-26-20-14-11-17-23-29-37(5)8-2/h36-39H,7-35H2,1-6H3. The van der Waals surface area contributed by atoms with Gasteiger partial charge in [-0.1, -0.05) is 176 Å². The predicted molar refractivity (Wildman–Crippen MR) is 201 cm³/mol. The van der Waals surface area contributed by atoms with Gasteiger partial charge in [0.1, 0.15) is 13.2 Å². The second-order valence-corrected chi connectivity index (χ2v) is 15.0. The third kappa shape index (κ3) is 31.7. The molecule has 3 atom stereocenters. The van der Waals surface area contributed by atoms with E-state index in [0.717, 1.165) is 75.5 Å². The lowest BCUT2D eigenvalue weighted by molar-refractivity contribution is -0.167. The van der Waals surface area contributed by atoms with Gasteiger partial charge >= 0.3 is 17.9 Å². The number of ether oxygens (including phenoxy) is 3. The largest absolute Gasteiger partial charge is 0.462 e. The van der Waals surface area contributed by atoms with Gasteiger partial charge in [-0.3, -0.25) is 14.4 Å². The molecule has 0 rings (SSSR count). The van der Waals surface area contributed by atoms with Crippen LogP contribution in [0.2, 0.25) is 0 Å². The summed E-state index contributed by atoms with van der Waals surface area (Å²) >= 11 is 0. The zero-order valence-electron chi connectivity index (χ0n) is 32.8. The average molecular weight is 681 g/mol. The van der Waals surface area contributed by atoms with E-state index < -0.39 is 6.10 Å². The van der Waals surface area contributed by atoms with Crippen molar-refractivity contribution in [3.05, 3.63) is 0 Å². The quantitative estimate of drug-likeness (QED) is 0.0376. The molecule has 0 aromatic carbocycles. The first-order valence-corrected chi connectivity index (χ1v) is 20.7. The van der Waals surface area contributed by atoms with Crippen molar-refractivity contribution in [1.82, 2.24) is 0 Å². The van der Waals surface area contributed by atoms with Crippen LogP contribution in [0.1, 0.15) is 215 Å². The molecule has 0 N–H and O–H groups in total. The molecule has 284 valence electrons. The lowest BCUT2D eigenvalue weighted by atomic mass is 10.00. The fraction of sp³-hybridized carbons (Fsp3) is 0.929. The first kappa shape index (κ1) is 46.4. The lowest BCUT2D eigenvalue weighted by Gasteiger charge is -2.18. The summed E-state index contributed by atoms with van der Waals surface area (Å²) in [5.41, 5.74) is 0. The van der Waals surface area contributed by atoms with Crippen LogP contribution in [0.15, 0.2) is 0 Å². The third-order valence-corrected chi connectivity index (χ3v) is 10.2. The van der Waals surface area contributed by atoms with Gasteiger partial charge in [0.25, 0.3) is 0 Å². The number of rotatable bonds is 35. The maximum absolute atomic E-state index is 12.6. The summed E-state index contributed by atoms with van der Waals surface area (Å²) in [7, 11) is 0. The first-order chi connectivity index (χ1) is 23.2. The Bertz CT molecular complexity index is 710. The van der Waals surface area contributed by atoms with Crippen LogP contribution in [-0.2, 0) is 28.6 Å². The summed E-state index contributed by atoms with van der Waals surface area (Å²) in [6.07, 6.45) is 28.1. The molecule has 6 heteroatoms. The number of unbranched alkanes of at least 4 members (excludes halogenated alkanes) is 15. The number of hydrogen-bond donors (Lipinski definition) is 0. The molecule has 0 radical (unpaired) electrons. The normalized spacial score (nSPS) is 13.9. The molecule has 0 fully saturated rings. The Hall–Kier alpha value is -1.59. The van der Waals surface area contributed by atoms with Crippen molar-refractivity contribution in [2.75, 3.05) is 13.2 Å². The van der Waals surface area contributed by atoms with Crippen LogP contribution in [0.3, 0.4) is 0 Å². The lowest BCUT2D eigenvalue weighted by Crippen LogP contribution is -2.30. The Balaban J connectivity index is 4.41. The van der Waals surface area contributed by atoms with Crippen molar-refractivity contribution in [3.63, 3.8) is 0 Å². The van der Waals surface area contributed by atoms with Gasteiger partial charge in [-0.25, -0.2) is 0 Å². The highest BCUT2D eigenvalue weighted by Gasteiger charge is 2.19. The molecule has 6 nitrogen and oxygen atoms in total. The summed E-state index contributed by atoms with van der Waals surface area (Å²) in [5.74, 6) is 1.56. The van der Waals surface area contributed by atoms with E-state index in [1.165, 1.54) is 96.3 Å². The van der Waals surface area contributed by atoms with Gasteiger partial charge in [0.2, 0.25) is 0 Å². The topological polar surface area (TPSA) is 78.9 Å². The molecule has 0 bridgehead atoms. The Morgan fingerprint density at radius 1 is 0.396 bits per heavy atom. The van der Waals surface area contributed by atoms with Gasteiger partial charge in [-0.15, -0.1) is 0 Å². The average Bonchev–Trinajstić information content (AvgIpc) is 3.08. The van der Waals surface area contributed by atoms with Crippen LogP contribution in [0.5, 0.6) is 0 Å². The zero-order chi connectivity index (χ0) is 35.7. The summed E-state index contributed by atoms with van der Waals surface area (Å²) in [6.45, 7) is 13.6. The van der Waals surface area contributed by atoms with E-state index in [1.807, 2.05) is 0 Å². The van der Waals surface area contributed by atoms with Crippen molar-refractivity contribution in [1.29, 1.82) is 0 Å². The van der Waals surface area contributed by atoms with Gasteiger partial charge in [-0.2, -0.15) is 0 Å². The number of carbonyl (C=O) groups is 3. The van der Waals surface area contributed by atoms with E-state index in [-0.39, 0.29) is 31.1 Å². The van der Waals surface area contributed by atoms with Gasteiger partial charge in [0, 0.05) is 19.3 Å². The van der Waals surface area contributed by atoms with Crippen molar-refractivity contribution >= 4 is 17.9 Å². The summed E-state index contributed by atoms with van der Waals surface area (Å²) in [5, 5.41) is 0. The van der Waals surface area contributed by atoms with Crippen LogP contribution in [0, 0.1) is 17.8 Å². The second kappa shape index (κ2) is 33.9. The minimum absolute atomic E-state index is 0.0691. The SMILES string of the molecule is CCC(C)CCCCCCCCC(=O)OCC(COC(=O)CCCCCCCCC(C)CC)OC(=O)CCCCCCCCC(C)CC. The number of hydrogen-bond acceptors (Lipinski definition) is 6. The molecule has 0 heterocycles. The maximum atomic E-state index is 12.6. The Morgan fingerprint density at radius 3 is 0.979 bits per heavy atom. The molecule has 0 aliphatic rings. The van der Waals surface area contributed by atoms with E-state index in [9.17, 15) is 14.4 Å². The van der Waals surface area contributed by atoms with Crippen molar-refractivity contribution in [3.8, 4) is 0 Å². The Kier molecular flexibility index (Phi) is 32.8. The molecular weight excluding hydrogens is 600 g/mol. The third-order valence-electron chi connectivity index (χ3n) is 10.2. The molecule has 0 spiro atoms. The Morgan fingerprint density at radius 2 is 0.667 bits per heavy atom. The summed E-state index contributed by atoms with van der Waals surface area (Å²) in [4.78, 5) is 37.5. The monoisotopic (exact) mass is 681 g/mol. The molecule has 0 aromatic heterocycles. The van der Waals surface area contributed by atoms with Gasteiger partial charge in [-0.05, 0) is 37.0 Å². The Labute approximate surface area is 298 Å². The highest BCUT2D eigenvalue weighted by molar-refractivity contribution is 5.71. The van der Waals surface area contributed by atoms with Crippen molar-refractivity contribution in [2.24, 2.45) is 17.8 Å².